The van der Waals surface area contributed by atoms with Gasteiger partial charge < -0.3 is 24.4 Å². The van der Waals surface area contributed by atoms with Gasteiger partial charge in [0, 0.05) is 44.0 Å². The maximum absolute atomic E-state index is 15.5. The smallest absolute Gasteiger partial charge is 0.425 e. The van der Waals surface area contributed by atoms with Gasteiger partial charge in [0.25, 0.3) is 5.91 Å². The van der Waals surface area contributed by atoms with Crippen LogP contribution in [-0.4, -0.2) is 66.7 Å². The molecule has 10 heteroatoms. The van der Waals surface area contributed by atoms with Crippen LogP contribution in [0.3, 0.4) is 0 Å². The van der Waals surface area contributed by atoms with E-state index in [1.54, 1.807) is 54.6 Å². The summed E-state index contributed by atoms with van der Waals surface area (Å²) in [5.74, 6) is -5.34. The van der Waals surface area contributed by atoms with Gasteiger partial charge in [0.05, 0.1) is 7.11 Å². The van der Waals surface area contributed by atoms with E-state index in [1.165, 1.54) is 29.8 Å². The van der Waals surface area contributed by atoms with E-state index in [4.69, 9.17) is 9.47 Å². The van der Waals surface area contributed by atoms with Gasteiger partial charge in [-0.25, -0.2) is 4.79 Å². The van der Waals surface area contributed by atoms with Crippen LogP contribution in [0.25, 0.3) is 0 Å². The number of rotatable bonds is 10. The number of carbonyl (C=O) groups excluding carboxylic acids is 3. The molecule has 1 N–H and O–H groups in total. The Bertz CT molecular complexity index is 1560. The summed E-state index contributed by atoms with van der Waals surface area (Å²) in [5, 5.41) is 2.33. The third kappa shape index (κ3) is 7.40. The number of alkyl halides is 1. The first-order chi connectivity index (χ1) is 21.3. The van der Waals surface area contributed by atoms with E-state index in [0.29, 0.717) is 30.2 Å². The highest BCUT2D eigenvalue weighted by Crippen LogP contribution is 2.26. The topological polar surface area (TPSA) is 97.4 Å². The Labute approximate surface area is 254 Å². The van der Waals surface area contributed by atoms with Crippen molar-refractivity contribution < 1.29 is 33.0 Å². The lowest BCUT2D eigenvalue weighted by molar-refractivity contribution is -0.181. The maximum Gasteiger partial charge on any atom is 0.425 e. The predicted molar refractivity (Wildman–Crippen MR) is 162 cm³/mol. The lowest BCUT2D eigenvalue weighted by atomic mass is 10.1. The molecule has 0 saturated carbocycles. The Morgan fingerprint density at radius 2 is 1.32 bits per heavy atom. The lowest BCUT2D eigenvalue weighted by Crippen LogP contribution is -2.51. The Balaban J connectivity index is 1.14. The fourth-order valence-corrected chi connectivity index (χ4v) is 4.72. The number of benzene rings is 4. The van der Waals surface area contributed by atoms with Crippen LogP contribution in [0.15, 0.2) is 109 Å². The molecule has 226 valence electrons. The van der Waals surface area contributed by atoms with Crippen molar-refractivity contribution in [1.29, 1.82) is 0 Å². The van der Waals surface area contributed by atoms with Crippen LogP contribution in [0.4, 0.5) is 10.1 Å². The van der Waals surface area contributed by atoms with Crippen molar-refractivity contribution in [2.45, 2.75) is 12.4 Å². The van der Waals surface area contributed by atoms with Gasteiger partial charge in [-0.15, -0.1) is 0 Å². The zero-order chi connectivity index (χ0) is 30.9. The molecule has 4 aromatic rings. The number of hydrogen-bond donors (Lipinski definition) is 1. The van der Waals surface area contributed by atoms with Gasteiger partial charge in [-0.05, 0) is 66.2 Å². The maximum atomic E-state index is 15.5. The van der Waals surface area contributed by atoms with Crippen LogP contribution >= 0.6 is 0 Å². The quantitative estimate of drug-likeness (QED) is 0.196. The molecule has 1 heterocycles. The SMILES string of the molecule is COC(=O)C(F)(Oc1ccccc1)C(=O)Nc1ccc(Oc2ccc(C(=O)N3CCN(Cc4ccccc4)CC3)cc2)cc1. The van der Waals surface area contributed by atoms with Crippen LogP contribution in [0.1, 0.15) is 15.9 Å². The van der Waals surface area contributed by atoms with E-state index in [-0.39, 0.29) is 17.3 Å². The Hall–Kier alpha value is -5.22. The van der Waals surface area contributed by atoms with Gasteiger partial charge in [-0.1, -0.05) is 48.5 Å². The van der Waals surface area contributed by atoms with Crippen LogP contribution in [-0.2, 0) is 20.9 Å². The van der Waals surface area contributed by atoms with Crippen LogP contribution in [0, 0.1) is 0 Å². The standard InChI is InChI=1S/C34H32FN3O6/c1-42-33(41)34(35,44-30-10-6-3-7-11-30)32(40)36-27-14-18-29(19-15-27)43-28-16-12-26(13-17-28)31(39)38-22-20-37(21-23-38)24-25-8-4-2-5-9-25/h2-19H,20-24H2,1H3,(H,36,40). The van der Waals surface area contributed by atoms with Crippen molar-refractivity contribution in [1.82, 2.24) is 9.80 Å². The Morgan fingerprint density at radius 1 is 0.750 bits per heavy atom. The number of halogens is 1. The van der Waals surface area contributed by atoms with Crippen LogP contribution in [0.2, 0.25) is 0 Å². The summed E-state index contributed by atoms with van der Waals surface area (Å²) < 4.78 is 30.9. The van der Waals surface area contributed by atoms with Crippen LogP contribution in [0.5, 0.6) is 17.2 Å². The van der Waals surface area contributed by atoms with E-state index < -0.39 is 17.7 Å². The number of methoxy groups -OCH3 is 1. The van der Waals surface area contributed by atoms with Crippen LogP contribution < -0.4 is 14.8 Å². The first kappa shape index (κ1) is 30.2. The van der Waals surface area contributed by atoms with Crippen molar-refractivity contribution in [3.63, 3.8) is 0 Å². The van der Waals surface area contributed by atoms with Crippen molar-refractivity contribution in [2.75, 3.05) is 38.6 Å². The molecule has 2 amide bonds. The number of nitrogens with zero attached hydrogens (tertiary/aromatic N) is 2. The molecular weight excluding hydrogens is 565 g/mol. The number of anilines is 1. The Kier molecular flexibility index (Phi) is 9.51. The lowest BCUT2D eigenvalue weighted by Gasteiger charge is -2.34. The van der Waals surface area contributed by atoms with Crippen molar-refractivity contribution >= 4 is 23.5 Å². The Morgan fingerprint density at radius 3 is 1.91 bits per heavy atom. The summed E-state index contributed by atoms with van der Waals surface area (Å²) in [7, 11) is 0.959. The third-order valence-corrected chi connectivity index (χ3v) is 7.10. The highest BCUT2D eigenvalue weighted by Gasteiger charge is 2.51. The number of para-hydroxylation sites is 1. The second-order valence-corrected chi connectivity index (χ2v) is 10.2. The molecule has 1 unspecified atom stereocenters. The molecule has 1 atom stereocenters. The molecule has 1 fully saturated rings. The molecule has 0 spiro atoms. The predicted octanol–water partition coefficient (Wildman–Crippen LogP) is 5.29. The van der Waals surface area contributed by atoms with Gasteiger partial charge in [-0.3, -0.25) is 14.5 Å². The summed E-state index contributed by atoms with van der Waals surface area (Å²) in [6.07, 6.45) is 0. The largest absolute Gasteiger partial charge is 0.463 e. The molecule has 1 aliphatic heterocycles. The van der Waals surface area contributed by atoms with E-state index >= 15 is 4.39 Å². The first-order valence-electron chi connectivity index (χ1n) is 14.1. The molecular formula is C34H32FN3O6. The number of piperazine rings is 1. The molecule has 44 heavy (non-hydrogen) atoms. The summed E-state index contributed by atoms with van der Waals surface area (Å²) in [4.78, 5) is 42.1. The number of carbonyl (C=O) groups is 3. The van der Waals surface area contributed by atoms with E-state index in [9.17, 15) is 14.4 Å². The average Bonchev–Trinajstić information content (AvgIpc) is 3.06. The molecule has 0 aliphatic carbocycles. The number of amides is 2. The second kappa shape index (κ2) is 13.8. The molecule has 0 radical (unpaired) electrons. The van der Waals surface area contributed by atoms with Crippen molar-refractivity contribution in [2.24, 2.45) is 0 Å². The summed E-state index contributed by atoms with van der Waals surface area (Å²) in [6, 6.07) is 30.9. The fraction of sp³-hybridized carbons (Fsp3) is 0.206. The highest BCUT2D eigenvalue weighted by atomic mass is 19.2. The monoisotopic (exact) mass is 597 g/mol. The van der Waals surface area contributed by atoms with Gasteiger partial charge in [0.2, 0.25) is 0 Å². The molecule has 0 bridgehead atoms. The van der Waals surface area contributed by atoms with Gasteiger partial charge in [-0.2, -0.15) is 4.39 Å². The zero-order valence-electron chi connectivity index (χ0n) is 24.1. The molecule has 1 saturated heterocycles. The molecule has 9 nitrogen and oxygen atoms in total. The van der Waals surface area contributed by atoms with Gasteiger partial charge in [0.1, 0.15) is 17.2 Å². The number of nitrogens with one attached hydrogen (secondary N) is 1. The second-order valence-electron chi connectivity index (χ2n) is 10.2. The fourth-order valence-electron chi connectivity index (χ4n) is 4.72. The summed E-state index contributed by atoms with van der Waals surface area (Å²) in [6.45, 7) is 3.82. The van der Waals surface area contributed by atoms with Gasteiger partial charge >= 0.3 is 17.7 Å². The minimum Gasteiger partial charge on any atom is -0.463 e. The van der Waals surface area contributed by atoms with Gasteiger partial charge in [0.15, 0.2) is 0 Å². The number of hydrogen-bond acceptors (Lipinski definition) is 7. The first-order valence-corrected chi connectivity index (χ1v) is 14.1. The van der Waals surface area contributed by atoms with E-state index in [2.05, 4.69) is 27.1 Å². The minimum atomic E-state index is -3.40. The van der Waals surface area contributed by atoms with Crippen molar-refractivity contribution in [3.05, 3.63) is 120 Å². The third-order valence-electron chi connectivity index (χ3n) is 7.10. The summed E-state index contributed by atoms with van der Waals surface area (Å²) in [5.41, 5.74) is 2.04. The van der Waals surface area contributed by atoms with E-state index in [0.717, 1.165) is 26.7 Å². The molecule has 0 aromatic heterocycles. The zero-order valence-corrected chi connectivity index (χ0v) is 24.1. The molecule has 5 rings (SSSR count). The summed E-state index contributed by atoms with van der Waals surface area (Å²) >= 11 is 0. The molecule has 4 aromatic carbocycles. The molecule has 1 aliphatic rings. The minimum absolute atomic E-state index is 0.0200. The normalized spacial score (nSPS) is 14.6. The number of esters is 1. The van der Waals surface area contributed by atoms with E-state index in [1.807, 2.05) is 23.1 Å². The number of ether oxygens (including phenoxy) is 3. The van der Waals surface area contributed by atoms with Crippen molar-refractivity contribution in [3.8, 4) is 17.2 Å². The highest BCUT2D eigenvalue weighted by molar-refractivity contribution is 6.10. The average molecular weight is 598 g/mol.